The highest BCUT2D eigenvalue weighted by Crippen LogP contribution is 2.36. The Morgan fingerprint density at radius 1 is 1.06 bits per heavy atom. The van der Waals surface area contributed by atoms with Gasteiger partial charge in [-0.25, -0.2) is 9.78 Å². The van der Waals surface area contributed by atoms with Gasteiger partial charge in [0.15, 0.2) is 0 Å². The molecule has 0 unspecified atom stereocenters. The van der Waals surface area contributed by atoms with Gasteiger partial charge < -0.3 is 14.7 Å². The number of aromatic nitrogens is 1. The number of aryl methyl sites for hydroxylation is 1. The van der Waals surface area contributed by atoms with Gasteiger partial charge in [0.2, 0.25) is 0 Å². The van der Waals surface area contributed by atoms with Gasteiger partial charge in [0, 0.05) is 17.7 Å². The minimum absolute atomic E-state index is 0.00558. The molecule has 5 nitrogen and oxygen atoms in total. The minimum Gasteiger partial charge on any atom is -0.492 e. The predicted molar refractivity (Wildman–Crippen MR) is 130 cm³/mol. The Hall–Kier alpha value is -2.89. The molecule has 1 aromatic heterocycles. The second-order valence-corrected chi connectivity index (χ2v) is 7.99. The topological polar surface area (TPSA) is 62.7 Å². The number of hydrogen-bond donors (Lipinski definition) is 1. The van der Waals surface area contributed by atoms with Crippen LogP contribution in [0.3, 0.4) is 0 Å². The van der Waals surface area contributed by atoms with Crippen LogP contribution in [0.1, 0.15) is 36.3 Å². The molecular weight excluding hydrogens is 424 g/mol. The number of carboxylic acids is 1. The largest absolute Gasteiger partial charge is 0.492 e. The van der Waals surface area contributed by atoms with E-state index in [-0.39, 0.29) is 5.69 Å². The average molecular weight is 453 g/mol. The molecule has 0 atom stereocenters. The van der Waals surface area contributed by atoms with E-state index in [0.29, 0.717) is 23.1 Å². The van der Waals surface area contributed by atoms with Crippen LogP contribution >= 0.6 is 11.6 Å². The summed E-state index contributed by atoms with van der Waals surface area (Å²) in [4.78, 5) is 18.4. The molecule has 2 aromatic carbocycles. The molecule has 1 heterocycles. The molecule has 0 amide bonds. The highest BCUT2D eigenvalue weighted by molar-refractivity contribution is 6.32. The van der Waals surface area contributed by atoms with E-state index < -0.39 is 5.97 Å². The van der Waals surface area contributed by atoms with Crippen molar-refractivity contribution >= 4 is 17.6 Å². The maximum absolute atomic E-state index is 11.6. The zero-order valence-corrected chi connectivity index (χ0v) is 19.5. The average Bonchev–Trinajstić information content (AvgIpc) is 2.80. The molecule has 0 fully saturated rings. The molecule has 0 radical (unpaired) electrons. The summed E-state index contributed by atoms with van der Waals surface area (Å²) in [5, 5.41) is 10.0. The van der Waals surface area contributed by atoms with Gasteiger partial charge in [0.05, 0.1) is 17.3 Å². The summed E-state index contributed by atoms with van der Waals surface area (Å²) in [5.41, 5.74) is 4.29. The van der Waals surface area contributed by atoms with E-state index >= 15 is 0 Å². The number of carbonyl (C=O) groups is 1. The van der Waals surface area contributed by atoms with E-state index in [1.54, 1.807) is 6.07 Å². The maximum atomic E-state index is 11.6. The van der Waals surface area contributed by atoms with Crippen molar-refractivity contribution in [2.24, 2.45) is 0 Å². The van der Waals surface area contributed by atoms with E-state index in [9.17, 15) is 9.90 Å². The van der Waals surface area contributed by atoms with E-state index in [1.807, 2.05) is 49.4 Å². The number of ether oxygens (including phenoxy) is 1. The van der Waals surface area contributed by atoms with Crippen molar-refractivity contribution in [2.75, 3.05) is 26.2 Å². The lowest BCUT2D eigenvalue weighted by Gasteiger charge is -2.18. The highest BCUT2D eigenvalue weighted by Gasteiger charge is 2.16. The molecule has 1 N–H and O–H groups in total. The minimum atomic E-state index is -1.07. The fourth-order valence-corrected chi connectivity index (χ4v) is 3.83. The van der Waals surface area contributed by atoms with Crippen molar-refractivity contribution in [3.63, 3.8) is 0 Å². The van der Waals surface area contributed by atoms with Crippen molar-refractivity contribution in [3.8, 4) is 28.1 Å². The molecular formula is C26H29ClN2O3. The van der Waals surface area contributed by atoms with Crippen molar-refractivity contribution in [1.29, 1.82) is 0 Å². The van der Waals surface area contributed by atoms with Crippen LogP contribution in [0.25, 0.3) is 22.4 Å². The number of aromatic carboxylic acids is 1. The SMILES string of the molecule is CCN(CC)CCCOc1cc(-c2nc(C(=O)O)ccc2-c2ccccc2C)ccc1Cl. The second kappa shape index (κ2) is 11.1. The van der Waals surface area contributed by atoms with Crippen molar-refractivity contribution in [1.82, 2.24) is 9.88 Å². The van der Waals surface area contributed by atoms with E-state index in [2.05, 4.69) is 23.7 Å². The lowest BCUT2D eigenvalue weighted by atomic mass is 9.95. The Balaban J connectivity index is 1.94. The number of pyridine rings is 1. The lowest BCUT2D eigenvalue weighted by molar-refractivity contribution is 0.0690. The molecule has 0 aliphatic carbocycles. The predicted octanol–water partition coefficient (Wildman–Crippen LogP) is 6.19. The molecule has 168 valence electrons. The van der Waals surface area contributed by atoms with E-state index in [0.717, 1.165) is 48.3 Å². The standard InChI is InChI=1S/C26H29ClN2O3/c1-4-29(5-2)15-8-16-32-24-17-19(11-13-22(24)27)25-21(12-14-23(28-25)26(30)31)20-10-7-6-9-18(20)3/h6-7,9-14,17H,4-5,8,15-16H2,1-3H3,(H,30,31). The fourth-order valence-electron chi connectivity index (χ4n) is 3.66. The first-order valence-corrected chi connectivity index (χ1v) is 11.3. The number of halogens is 1. The second-order valence-electron chi connectivity index (χ2n) is 7.59. The van der Waals surface area contributed by atoms with Gasteiger partial charge in [-0.3, -0.25) is 0 Å². The van der Waals surface area contributed by atoms with Crippen LogP contribution in [-0.4, -0.2) is 47.2 Å². The molecule has 3 aromatic rings. The molecule has 32 heavy (non-hydrogen) atoms. The molecule has 6 heteroatoms. The smallest absolute Gasteiger partial charge is 0.354 e. The van der Waals surface area contributed by atoms with Gasteiger partial charge in [0.1, 0.15) is 11.4 Å². The molecule has 0 aliphatic rings. The third-order valence-corrected chi connectivity index (χ3v) is 5.84. The molecule has 0 aliphatic heterocycles. The quantitative estimate of drug-likeness (QED) is 0.372. The number of benzene rings is 2. The summed E-state index contributed by atoms with van der Waals surface area (Å²) in [6.45, 7) is 9.86. The van der Waals surface area contributed by atoms with Crippen molar-refractivity contribution in [2.45, 2.75) is 27.2 Å². The Morgan fingerprint density at radius 3 is 2.50 bits per heavy atom. The van der Waals surface area contributed by atoms with Gasteiger partial charge in [-0.05, 0) is 61.8 Å². The zero-order chi connectivity index (χ0) is 23.1. The normalized spacial score (nSPS) is 11.0. The summed E-state index contributed by atoms with van der Waals surface area (Å²) >= 11 is 6.39. The number of nitrogens with zero attached hydrogens (tertiary/aromatic N) is 2. The first kappa shape index (κ1) is 23.8. The van der Waals surface area contributed by atoms with Crippen LogP contribution in [0.4, 0.5) is 0 Å². The third kappa shape index (κ3) is 5.67. The van der Waals surface area contributed by atoms with Crippen LogP contribution < -0.4 is 4.74 Å². The molecule has 0 saturated heterocycles. The fraction of sp³-hybridized carbons (Fsp3) is 0.308. The maximum Gasteiger partial charge on any atom is 0.354 e. The van der Waals surface area contributed by atoms with Crippen molar-refractivity contribution < 1.29 is 14.6 Å². The van der Waals surface area contributed by atoms with Gasteiger partial charge >= 0.3 is 5.97 Å². The lowest BCUT2D eigenvalue weighted by Crippen LogP contribution is -2.25. The third-order valence-electron chi connectivity index (χ3n) is 5.52. The summed E-state index contributed by atoms with van der Waals surface area (Å²) in [6, 6.07) is 16.8. The van der Waals surface area contributed by atoms with Crippen LogP contribution in [0, 0.1) is 6.92 Å². The van der Waals surface area contributed by atoms with Gasteiger partial charge in [-0.1, -0.05) is 55.8 Å². The first-order chi connectivity index (χ1) is 15.4. The van der Waals surface area contributed by atoms with Crippen LogP contribution in [0.5, 0.6) is 5.75 Å². The number of rotatable bonds is 10. The van der Waals surface area contributed by atoms with Gasteiger partial charge in [0.25, 0.3) is 0 Å². The summed E-state index contributed by atoms with van der Waals surface area (Å²) in [6.07, 6.45) is 0.892. The summed E-state index contributed by atoms with van der Waals surface area (Å²) in [7, 11) is 0. The van der Waals surface area contributed by atoms with E-state index in [4.69, 9.17) is 16.3 Å². The molecule has 0 saturated carbocycles. The van der Waals surface area contributed by atoms with Crippen LogP contribution in [0.15, 0.2) is 54.6 Å². The number of carboxylic acid groups (broad SMARTS) is 1. The first-order valence-electron chi connectivity index (χ1n) is 10.9. The summed E-state index contributed by atoms with van der Waals surface area (Å²) < 4.78 is 5.98. The highest BCUT2D eigenvalue weighted by atomic mass is 35.5. The van der Waals surface area contributed by atoms with Gasteiger partial charge in [-0.2, -0.15) is 0 Å². The number of hydrogen-bond acceptors (Lipinski definition) is 4. The van der Waals surface area contributed by atoms with E-state index in [1.165, 1.54) is 6.07 Å². The Morgan fingerprint density at radius 2 is 1.81 bits per heavy atom. The van der Waals surface area contributed by atoms with Crippen LogP contribution in [-0.2, 0) is 0 Å². The molecule has 0 spiro atoms. The van der Waals surface area contributed by atoms with Crippen molar-refractivity contribution in [3.05, 3.63) is 70.9 Å². The monoisotopic (exact) mass is 452 g/mol. The van der Waals surface area contributed by atoms with Crippen LogP contribution in [0.2, 0.25) is 5.02 Å². The Bertz CT molecular complexity index is 1080. The molecule has 3 rings (SSSR count). The Labute approximate surface area is 194 Å². The summed E-state index contributed by atoms with van der Waals surface area (Å²) in [5.74, 6) is -0.494. The molecule has 0 bridgehead atoms. The van der Waals surface area contributed by atoms with Gasteiger partial charge in [-0.15, -0.1) is 0 Å². The Kier molecular flexibility index (Phi) is 8.26. The zero-order valence-electron chi connectivity index (χ0n) is 18.8.